The molecule has 0 amide bonds. The summed E-state index contributed by atoms with van der Waals surface area (Å²) >= 11 is 0. The van der Waals surface area contributed by atoms with Crippen molar-refractivity contribution in [3.63, 3.8) is 0 Å². The minimum absolute atomic E-state index is 0.640. The maximum Gasteiger partial charge on any atom is 0.164 e. The standard InChI is InChI=1S/C57H35N3/c1-3-17-36(18-4-1)50-34-52-46-29-15-14-28-45(46)51(35-53(52)44-27-13-12-26-43(44)50)48-31-32-49(42-25-11-10-24-41(42)48)56-58-55(37-19-5-2-6-20-37)59-57(60-56)54-33-38-21-7-8-22-39(38)40-23-9-16-30-47(40)54/h1-35H. The fourth-order valence-electron chi connectivity index (χ4n) is 9.33. The van der Waals surface area contributed by atoms with Crippen molar-refractivity contribution in [2.24, 2.45) is 0 Å². The summed E-state index contributed by atoms with van der Waals surface area (Å²) < 4.78 is 0. The van der Waals surface area contributed by atoms with Crippen LogP contribution in [-0.4, -0.2) is 15.0 Å². The second kappa shape index (κ2) is 13.8. The molecule has 0 radical (unpaired) electrons. The van der Waals surface area contributed by atoms with Crippen LogP contribution >= 0.6 is 0 Å². The number of benzene rings is 11. The lowest BCUT2D eigenvalue weighted by Crippen LogP contribution is -2.01. The number of fused-ring (bicyclic) bond motifs is 9. The van der Waals surface area contributed by atoms with Crippen LogP contribution in [0.3, 0.4) is 0 Å². The van der Waals surface area contributed by atoms with Gasteiger partial charge in [0.1, 0.15) is 0 Å². The normalized spacial score (nSPS) is 11.7. The Hall–Kier alpha value is -8.01. The zero-order valence-corrected chi connectivity index (χ0v) is 32.5. The summed E-state index contributed by atoms with van der Waals surface area (Å²) in [5, 5.41) is 14.3. The molecule has 0 N–H and O–H groups in total. The predicted molar refractivity (Wildman–Crippen MR) is 252 cm³/mol. The maximum absolute atomic E-state index is 5.34. The van der Waals surface area contributed by atoms with E-state index in [0.29, 0.717) is 17.5 Å². The Labute approximate surface area is 346 Å². The van der Waals surface area contributed by atoms with Crippen molar-refractivity contribution in [2.45, 2.75) is 0 Å². The minimum Gasteiger partial charge on any atom is -0.208 e. The Morgan fingerprint density at radius 2 is 0.583 bits per heavy atom. The highest BCUT2D eigenvalue weighted by molar-refractivity contribution is 6.25. The molecular weight excluding hydrogens is 727 g/mol. The van der Waals surface area contributed by atoms with Crippen molar-refractivity contribution < 1.29 is 0 Å². The molecule has 3 heteroatoms. The van der Waals surface area contributed by atoms with E-state index in [2.05, 4.69) is 194 Å². The van der Waals surface area contributed by atoms with Crippen LogP contribution in [0.15, 0.2) is 212 Å². The molecule has 0 bridgehead atoms. The van der Waals surface area contributed by atoms with Crippen LogP contribution in [0.25, 0.3) is 121 Å². The average Bonchev–Trinajstić information content (AvgIpc) is 3.33. The van der Waals surface area contributed by atoms with Gasteiger partial charge < -0.3 is 0 Å². The van der Waals surface area contributed by atoms with Gasteiger partial charge in [-0.05, 0) is 111 Å². The van der Waals surface area contributed by atoms with Crippen LogP contribution in [-0.2, 0) is 0 Å². The zero-order valence-electron chi connectivity index (χ0n) is 32.5. The van der Waals surface area contributed by atoms with Crippen molar-refractivity contribution in [2.75, 3.05) is 0 Å². The maximum atomic E-state index is 5.34. The Balaban J connectivity index is 1.10. The molecule has 0 aliphatic heterocycles. The molecule has 0 saturated carbocycles. The van der Waals surface area contributed by atoms with Crippen LogP contribution < -0.4 is 0 Å². The molecule has 3 nitrogen and oxygen atoms in total. The lowest BCUT2D eigenvalue weighted by Gasteiger charge is -2.18. The molecule has 1 aromatic heterocycles. The number of hydrogen-bond donors (Lipinski definition) is 0. The van der Waals surface area contributed by atoms with E-state index in [4.69, 9.17) is 15.0 Å². The van der Waals surface area contributed by atoms with Gasteiger partial charge in [-0.2, -0.15) is 0 Å². The quantitative estimate of drug-likeness (QED) is 0.164. The van der Waals surface area contributed by atoms with Crippen molar-refractivity contribution in [1.82, 2.24) is 15.0 Å². The summed E-state index contributed by atoms with van der Waals surface area (Å²) in [4.78, 5) is 15.8. The van der Waals surface area contributed by atoms with Crippen LogP contribution in [0.4, 0.5) is 0 Å². The number of aromatic nitrogens is 3. The summed E-state index contributed by atoms with van der Waals surface area (Å²) in [6.45, 7) is 0. The summed E-state index contributed by atoms with van der Waals surface area (Å²) in [6, 6.07) is 75.9. The molecule has 0 aliphatic rings. The fourth-order valence-corrected chi connectivity index (χ4v) is 9.33. The summed E-state index contributed by atoms with van der Waals surface area (Å²) in [6.07, 6.45) is 0. The van der Waals surface area contributed by atoms with Gasteiger partial charge in [0.15, 0.2) is 17.5 Å². The lowest BCUT2D eigenvalue weighted by molar-refractivity contribution is 1.08. The van der Waals surface area contributed by atoms with Crippen LogP contribution in [0.2, 0.25) is 0 Å². The van der Waals surface area contributed by atoms with Crippen molar-refractivity contribution >= 4 is 64.6 Å². The first-order valence-electron chi connectivity index (χ1n) is 20.4. The molecule has 12 rings (SSSR count). The Bertz CT molecular complexity index is 3650. The van der Waals surface area contributed by atoms with Crippen LogP contribution in [0, 0.1) is 0 Å². The molecule has 0 fully saturated rings. The highest BCUT2D eigenvalue weighted by Crippen LogP contribution is 2.44. The third-order valence-electron chi connectivity index (χ3n) is 12.1. The van der Waals surface area contributed by atoms with Gasteiger partial charge in [0.2, 0.25) is 0 Å². The highest BCUT2D eigenvalue weighted by atomic mass is 15.0. The van der Waals surface area contributed by atoms with E-state index in [-0.39, 0.29) is 0 Å². The zero-order chi connectivity index (χ0) is 39.6. The van der Waals surface area contributed by atoms with Gasteiger partial charge in [-0.1, -0.05) is 188 Å². The summed E-state index contributed by atoms with van der Waals surface area (Å²) in [5.41, 5.74) is 7.72. The molecular formula is C57H35N3. The number of hydrogen-bond acceptors (Lipinski definition) is 3. The van der Waals surface area contributed by atoms with E-state index in [1.54, 1.807) is 0 Å². The van der Waals surface area contributed by atoms with E-state index in [0.717, 1.165) is 38.2 Å². The van der Waals surface area contributed by atoms with E-state index < -0.39 is 0 Å². The van der Waals surface area contributed by atoms with Gasteiger partial charge in [-0.3, -0.25) is 0 Å². The fraction of sp³-hybridized carbons (Fsp3) is 0. The van der Waals surface area contributed by atoms with Gasteiger partial charge in [0, 0.05) is 16.7 Å². The van der Waals surface area contributed by atoms with Gasteiger partial charge in [-0.15, -0.1) is 0 Å². The van der Waals surface area contributed by atoms with Crippen molar-refractivity contribution in [1.29, 1.82) is 0 Å². The topological polar surface area (TPSA) is 38.7 Å². The summed E-state index contributed by atoms with van der Waals surface area (Å²) in [5.74, 6) is 1.93. The Kier molecular flexibility index (Phi) is 7.85. The van der Waals surface area contributed by atoms with Crippen LogP contribution in [0.1, 0.15) is 0 Å². The molecule has 0 unspecified atom stereocenters. The first-order chi connectivity index (χ1) is 29.8. The predicted octanol–water partition coefficient (Wildman–Crippen LogP) is 15.1. The molecule has 0 aliphatic carbocycles. The first kappa shape index (κ1) is 34.1. The van der Waals surface area contributed by atoms with E-state index >= 15 is 0 Å². The molecule has 60 heavy (non-hydrogen) atoms. The smallest absolute Gasteiger partial charge is 0.164 e. The van der Waals surface area contributed by atoms with Crippen molar-refractivity contribution in [3.8, 4) is 56.4 Å². The first-order valence-corrected chi connectivity index (χ1v) is 20.4. The number of nitrogens with zero attached hydrogens (tertiary/aromatic N) is 3. The van der Waals surface area contributed by atoms with E-state index in [1.165, 1.54) is 65.3 Å². The van der Waals surface area contributed by atoms with Gasteiger partial charge in [0.25, 0.3) is 0 Å². The van der Waals surface area contributed by atoms with Crippen LogP contribution in [0.5, 0.6) is 0 Å². The minimum atomic E-state index is 0.640. The Morgan fingerprint density at radius 3 is 1.20 bits per heavy atom. The molecule has 0 spiro atoms. The third-order valence-corrected chi connectivity index (χ3v) is 12.1. The van der Waals surface area contributed by atoms with Gasteiger partial charge in [0.05, 0.1) is 0 Å². The molecule has 12 aromatic rings. The number of rotatable bonds is 5. The Morgan fingerprint density at radius 1 is 0.200 bits per heavy atom. The second-order valence-electron chi connectivity index (χ2n) is 15.5. The molecule has 0 saturated heterocycles. The van der Waals surface area contributed by atoms with E-state index in [9.17, 15) is 0 Å². The van der Waals surface area contributed by atoms with Gasteiger partial charge in [-0.25, -0.2) is 15.0 Å². The van der Waals surface area contributed by atoms with Crippen molar-refractivity contribution in [3.05, 3.63) is 212 Å². The molecule has 278 valence electrons. The molecule has 1 heterocycles. The second-order valence-corrected chi connectivity index (χ2v) is 15.5. The molecule has 0 atom stereocenters. The lowest BCUT2D eigenvalue weighted by atomic mass is 9.86. The third kappa shape index (κ3) is 5.48. The highest BCUT2D eigenvalue weighted by Gasteiger charge is 2.20. The largest absolute Gasteiger partial charge is 0.208 e. The molecule has 11 aromatic carbocycles. The summed E-state index contributed by atoms with van der Waals surface area (Å²) in [7, 11) is 0. The van der Waals surface area contributed by atoms with E-state index in [1.807, 2.05) is 18.2 Å². The SMILES string of the molecule is c1ccc(-c2nc(-c3ccc(-c4cc5c6ccccc6c(-c6ccccc6)cc5c5ccccc45)c4ccccc34)nc(-c3cc4ccccc4c4ccccc34)n2)cc1. The van der Waals surface area contributed by atoms with Gasteiger partial charge >= 0.3 is 0 Å². The average molecular weight is 762 g/mol. The monoisotopic (exact) mass is 761 g/mol.